The third-order valence-corrected chi connectivity index (χ3v) is 5.15. The van der Waals surface area contributed by atoms with Crippen molar-refractivity contribution in [3.8, 4) is 5.69 Å². The summed E-state index contributed by atoms with van der Waals surface area (Å²) in [6, 6.07) is 21.7. The molecule has 1 aliphatic rings. The molecule has 0 fully saturated rings. The van der Waals surface area contributed by atoms with Crippen molar-refractivity contribution >= 4 is 21.7 Å². The molecule has 4 heteroatoms. The molecule has 1 aliphatic carbocycles. The summed E-state index contributed by atoms with van der Waals surface area (Å²) in [5.41, 5.74) is 6.51. The third kappa shape index (κ3) is 5.17. The molecule has 1 nitrogen and oxygen atoms in total. The van der Waals surface area contributed by atoms with Crippen molar-refractivity contribution in [3.63, 3.8) is 0 Å². The number of halogens is 2. The first-order chi connectivity index (χ1) is 12.6. The monoisotopic (exact) mass is 587 g/mol. The zero-order chi connectivity index (χ0) is 18.1. The summed E-state index contributed by atoms with van der Waals surface area (Å²) >= 11 is 0. The molecule has 0 saturated heterocycles. The minimum atomic E-state index is 0. The second kappa shape index (κ2) is 11.1. The van der Waals surface area contributed by atoms with Crippen LogP contribution >= 0.6 is 0 Å². The van der Waals surface area contributed by atoms with Crippen molar-refractivity contribution in [1.29, 1.82) is 0 Å². The van der Waals surface area contributed by atoms with Gasteiger partial charge in [0.2, 0.25) is 0 Å². The zero-order valence-corrected chi connectivity index (χ0v) is 21.9. The molecule has 0 N–H and O–H groups in total. The number of benzene rings is 2. The second-order valence-electron chi connectivity index (χ2n) is 6.87. The van der Waals surface area contributed by atoms with Gasteiger partial charge in [0.05, 0.1) is 5.52 Å². The summed E-state index contributed by atoms with van der Waals surface area (Å²) in [4.78, 5) is 0. The fourth-order valence-electron chi connectivity index (χ4n) is 3.64. The number of hydrogen-bond donors (Lipinski definition) is 0. The Balaban J connectivity index is 0.000000408. The van der Waals surface area contributed by atoms with Crippen LogP contribution in [0.4, 0.5) is 0 Å². The Hall–Kier alpha value is -1.48. The third-order valence-electron chi connectivity index (χ3n) is 5.15. The summed E-state index contributed by atoms with van der Waals surface area (Å²) < 4.78 is 2.37. The van der Waals surface area contributed by atoms with Crippen molar-refractivity contribution < 1.29 is 50.7 Å². The molecule has 0 amide bonds. The van der Waals surface area contributed by atoms with Crippen molar-refractivity contribution in [1.82, 2.24) is 4.57 Å². The molecule has 29 heavy (non-hydrogen) atoms. The smallest absolute Gasteiger partial charge is 1.00 e. The van der Waals surface area contributed by atoms with E-state index in [2.05, 4.69) is 104 Å². The SMILES string of the molecule is CC1=[C-]CC=C1.Cc1c(C)n(-c2cc3ccccc3[cH-]2)c2ccccc12.[Cl-].[Cl-].[Hf+4]. The van der Waals surface area contributed by atoms with E-state index < -0.39 is 0 Å². The Bertz CT molecular complexity index is 1110. The van der Waals surface area contributed by atoms with E-state index >= 15 is 0 Å². The maximum Gasteiger partial charge on any atom is 4.00 e. The normalized spacial score (nSPS) is 11.8. The number of aryl methyl sites for hydroxylation is 1. The molecule has 0 atom stereocenters. The number of fused-ring (bicyclic) bond motifs is 2. The van der Waals surface area contributed by atoms with Crippen molar-refractivity contribution in [2.75, 3.05) is 0 Å². The molecule has 0 saturated carbocycles. The standard InChI is InChI=1S/C19H16N.C6H7.2ClH.Hf/c1-13-14(2)20(19-10-6-5-9-18(13)19)17-11-15-7-3-4-8-16(15)12-17;1-6-4-2-3-5-6;;;/h3-12H,1-2H3;2,4H,3H2,1H3;2*1H;/q2*-1;;;+4/p-2. The van der Waals surface area contributed by atoms with Gasteiger partial charge in [-0.15, -0.1) is 47.5 Å². The molecule has 1 heterocycles. The Morgan fingerprint density at radius 1 is 0.931 bits per heavy atom. The van der Waals surface area contributed by atoms with Gasteiger partial charge in [0, 0.05) is 11.1 Å². The van der Waals surface area contributed by atoms with E-state index in [1.54, 1.807) is 0 Å². The Kier molecular flexibility index (Phi) is 9.75. The number of aromatic nitrogens is 1. The number of nitrogens with zero attached hydrogens (tertiary/aromatic N) is 1. The number of rotatable bonds is 1. The van der Waals surface area contributed by atoms with Crippen LogP contribution in [0.1, 0.15) is 24.6 Å². The fourth-order valence-corrected chi connectivity index (χ4v) is 3.64. The van der Waals surface area contributed by atoms with Gasteiger partial charge >= 0.3 is 25.8 Å². The van der Waals surface area contributed by atoms with E-state index in [4.69, 9.17) is 0 Å². The first-order valence-corrected chi connectivity index (χ1v) is 9.11. The van der Waals surface area contributed by atoms with E-state index in [1.165, 1.54) is 44.2 Å². The van der Waals surface area contributed by atoms with Crippen LogP contribution in [0.25, 0.3) is 27.4 Å². The molecular formula is C25H23Cl2HfN. The van der Waals surface area contributed by atoms with Gasteiger partial charge in [0.25, 0.3) is 0 Å². The average molecular weight is 587 g/mol. The predicted octanol–water partition coefficient (Wildman–Crippen LogP) is 0.821. The summed E-state index contributed by atoms with van der Waals surface area (Å²) in [6.45, 7) is 6.47. The Labute approximate surface area is 204 Å². The van der Waals surface area contributed by atoms with Gasteiger partial charge < -0.3 is 29.4 Å². The zero-order valence-electron chi connectivity index (χ0n) is 16.8. The van der Waals surface area contributed by atoms with Crippen LogP contribution in [-0.2, 0) is 25.8 Å². The quantitative estimate of drug-likeness (QED) is 0.230. The Morgan fingerprint density at radius 2 is 1.62 bits per heavy atom. The summed E-state index contributed by atoms with van der Waals surface area (Å²) in [6.07, 6.45) is 8.33. The number of hydrogen-bond acceptors (Lipinski definition) is 0. The van der Waals surface area contributed by atoms with Crippen LogP contribution < -0.4 is 24.8 Å². The maximum atomic E-state index is 3.12. The minimum Gasteiger partial charge on any atom is -1.00 e. The minimum absolute atomic E-state index is 0. The van der Waals surface area contributed by atoms with Gasteiger partial charge in [-0.25, -0.2) is 11.6 Å². The molecule has 1 aromatic heterocycles. The average Bonchev–Trinajstić information content (AvgIpc) is 3.35. The van der Waals surface area contributed by atoms with Crippen LogP contribution in [0.3, 0.4) is 0 Å². The maximum absolute atomic E-state index is 3.12. The largest absolute Gasteiger partial charge is 4.00 e. The van der Waals surface area contributed by atoms with E-state index in [9.17, 15) is 0 Å². The van der Waals surface area contributed by atoms with Crippen molar-refractivity contribution in [3.05, 3.63) is 95.7 Å². The fraction of sp³-hybridized carbons (Fsp3) is 0.160. The van der Waals surface area contributed by atoms with E-state index in [0.717, 1.165) is 6.42 Å². The van der Waals surface area contributed by atoms with Crippen molar-refractivity contribution in [2.45, 2.75) is 27.2 Å². The van der Waals surface area contributed by atoms with Gasteiger partial charge in [0.15, 0.2) is 0 Å². The molecule has 0 bridgehead atoms. The van der Waals surface area contributed by atoms with Crippen molar-refractivity contribution in [2.24, 2.45) is 0 Å². The molecule has 0 radical (unpaired) electrons. The van der Waals surface area contributed by atoms with Gasteiger partial charge in [-0.05, 0) is 31.2 Å². The van der Waals surface area contributed by atoms with Crippen LogP contribution in [-0.4, -0.2) is 4.57 Å². The number of allylic oxidation sites excluding steroid dienone is 4. The van der Waals surface area contributed by atoms with E-state index in [-0.39, 0.29) is 50.7 Å². The molecule has 0 unspecified atom stereocenters. The molecule has 4 aromatic rings. The van der Waals surface area contributed by atoms with Gasteiger partial charge in [-0.3, -0.25) is 6.08 Å². The molecule has 146 valence electrons. The van der Waals surface area contributed by atoms with Gasteiger partial charge in [-0.2, -0.15) is 6.08 Å². The summed E-state index contributed by atoms with van der Waals surface area (Å²) in [5.74, 6) is 0. The molecule has 0 aliphatic heterocycles. The topological polar surface area (TPSA) is 4.93 Å². The summed E-state index contributed by atoms with van der Waals surface area (Å²) in [5, 5.41) is 3.95. The van der Waals surface area contributed by atoms with E-state index in [0.29, 0.717) is 0 Å². The summed E-state index contributed by atoms with van der Waals surface area (Å²) in [7, 11) is 0. The van der Waals surface area contributed by atoms with Crippen LogP contribution in [0.15, 0.2) is 78.4 Å². The molecule has 3 aromatic carbocycles. The molecule has 5 rings (SSSR count). The van der Waals surface area contributed by atoms with Gasteiger partial charge in [0.1, 0.15) is 0 Å². The predicted molar refractivity (Wildman–Crippen MR) is 112 cm³/mol. The Morgan fingerprint density at radius 3 is 2.24 bits per heavy atom. The van der Waals surface area contributed by atoms with Gasteiger partial charge in [-0.1, -0.05) is 31.2 Å². The first kappa shape index (κ1) is 25.6. The van der Waals surface area contributed by atoms with Crippen LogP contribution in [0, 0.1) is 19.9 Å². The molecule has 0 spiro atoms. The van der Waals surface area contributed by atoms with E-state index in [1.807, 2.05) is 0 Å². The number of para-hydroxylation sites is 1. The van der Waals surface area contributed by atoms with Crippen LogP contribution in [0.5, 0.6) is 0 Å². The molecular weight excluding hydrogens is 564 g/mol. The van der Waals surface area contributed by atoms with Crippen LogP contribution in [0.2, 0.25) is 0 Å². The second-order valence-corrected chi connectivity index (χ2v) is 6.87. The first-order valence-electron chi connectivity index (χ1n) is 9.11.